The lowest BCUT2D eigenvalue weighted by Gasteiger charge is -1.98. The molecule has 0 unspecified atom stereocenters. The fraction of sp³-hybridized carbons (Fsp3) is 0.200. The van der Waals surface area contributed by atoms with E-state index < -0.39 is 0 Å². The van der Waals surface area contributed by atoms with E-state index in [1.807, 2.05) is 25.1 Å². The summed E-state index contributed by atoms with van der Waals surface area (Å²) < 4.78 is 0. The lowest BCUT2D eigenvalue weighted by Crippen LogP contribution is -2.23. The highest BCUT2D eigenvalue weighted by atomic mass is 15.2. The molecule has 0 saturated heterocycles. The fourth-order valence-corrected chi connectivity index (χ4v) is 1.05. The molecule has 1 rings (SSSR count). The first-order valence-corrected chi connectivity index (χ1v) is 3.98. The Hall–Kier alpha value is -1.12. The van der Waals surface area contributed by atoms with Crippen LogP contribution >= 0.6 is 0 Å². The largest absolute Gasteiger partial charge is 0.271 e. The molecule has 3 N–H and O–H groups in total. The third-order valence-electron chi connectivity index (χ3n) is 1.59. The van der Waals surface area contributed by atoms with Crippen molar-refractivity contribution < 1.29 is 0 Å². The van der Waals surface area contributed by atoms with Crippen LogP contribution in [0.5, 0.6) is 0 Å². The highest BCUT2D eigenvalue weighted by molar-refractivity contribution is 5.52. The van der Waals surface area contributed by atoms with Crippen molar-refractivity contribution in [2.45, 2.75) is 6.92 Å². The Morgan fingerprint density at radius 3 is 2.67 bits per heavy atom. The van der Waals surface area contributed by atoms with Gasteiger partial charge in [0, 0.05) is 6.54 Å². The molecule has 0 saturated carbocycles. The van der Waals surface area contributed by atoms with Gasteiger partial charge in [0.25, 0.3) is 0 Å². The van der Waals surface area contributed by atoms with Crippen molar-refractivity contribution in [1.82, 2.24) is 5.43 Å². The van der Waals surface area contributed by atoms with Crippen LogP contribution in [-0.2, 0) is 0 Å². The van der Waals surface area contributed by atoms with Gasteiger partial charge in [0.05, 0.1) is 0 Å². The molecule has 0 amide bonds. The average Bonchev–Trinajstić information content (AvgIpc) is 2.06. The van der Waals surface area contributed by atoms with Crippen LogP contribution in [0.4, 0.5) is 0 Å². The van der Waals surface area contributed by atoms with Gasteiger partial charge in [0.1, 0.15) is 0 Å². The van der Waals surface area contributed by atoms with Gasteiger partial charge in [-0.2, -0.15) is 0 Å². The summed E-state index contributed by atoms with van der Waals surface area (Å²) in [6, 6.07) is 10.2. The van der Waals surface area contributed by atoms with Gasteiger partial charge in [-0.05, 0) is 12.5 Å². The van der Waals surface area contributed by atoms with Crippen LogP contribution in [0.3, 0.4) is 0 Å². The van der Waals surface area contributed by atoms with E-state index in [1.165, 1.54) is 11.1 Å². The summed E-state index contributed by atoms with van der Waals surface area (Å²) in [5.41, 5.74) is 5.06. The molecule has 1 aromatic carbocycles. The highest BCUT2D eigenvalue weighted by Crippen LogP contribution is 2.04. The van der Waals surface area contributed by atoms with Crippen LogP contribution in [0.15, 0.2) is 35.9 Å². The second kappa shape index (κ2) is 4.70. The van der Waals surface area contributed by atoms with Gasteiger partial charge in [0.2, 0.25) is 0 Å². The normalized spacial score (nSPS) is 11.7. The van der Waals surface area contributed by atoms with E-state index in [1.54, 1.807) is 0 Å². The number of hydrogen-bond acceptors (Lipinski definition) is 2. The first-order valence-electron chi connectivity index (χ1n) is 3.98. The minimum absolute atomic E-state index is 0.731. The minimum atomic E-state index is 0.731. The molecule has 0 spiro atoms. The van der Waals surface area contributed by atoms with E-state index in [4.69, 9.17) is 5.84 Å². The Balaban J connectivity index is 2.67. The number of nitrogens with two attached hydrogens (primary N) is 1. The number of rotatable bonds is 3. The monoisotopic (exact) mass is 162 g/mol. The molecule has 0 atom stereocenters. The quantitative estimate of drug-likeness (QED) is 0.523. The number of hydrazine groups is 1. The molecule has 0 fully saturated rings. The molecular formula is C10H14N2. The van der Waals surface area contributed by atoms with Crippen molar-refractivity contribution in [2.24, 2.45) is 5.84 Å². The molecule has 0 aliphatic heterocycles. The summed E-state index contributed by atoms with van der Waals surface area (Å²) in [7, 11) is 0. The molecule has 12 heavy (non-hydrogen) atoms. The third-order valence-corrected chi connectivity index (χ3v) is 1.59. The Bertz CT molecular complexity index is 252. The van der Waals surface area contributed by atoms with Crippen molar-refractivity contribution in [2.75, 3.05) is 6.54 Å². The zero-order chi connectivity index (χ0) is 8.81. The maximum Gasteiger partial charge on any atom is 0.0308 e. The van der Waals surface area contributed by atoms with Gasteiger partial charge >= 0.3 is 0 Å². The molecule has 0 heterocycles. The van der Waals surface area contributed by atoms with Crippen LogP contribution in [-0.4, -0.2) is 6.54 Å². The van der Waals surface area contributed by atoms with E-state index in [0.717, 1.165) is 6.54 Å². The SMILES string of the molecule is C/C(=C\c1ccccc1)CNN. The van der Waals surface area contributed by atoms with Crippen LogP contribution in [0, 0.1) is 0 Å². The first kappa shape index (κ1) is 8.97. The predicted octanol–water partition coefficient (Wildman–Crippen LogP) is 1.55. The maximum atomic E-state index is 5.19. The highest BCUT2D eigenvalue weighted by Gasteiger charge is 1.87. The summed E-state index contributed by atoms with van der Waals surface area (Å²) in [6.07, 6.45) is 2.11. The van der Waals surface area contributed by atoms with Crippen LogP contribution in [0.25, 0.3) is 6.08 Å². The molecule has 0 bridgehead atoms. The predicted molar refractivity (Wildman–Crippen MR) is 52.3 cm³/mol. The molecule has 1 aromatic rings. The van der Waals surface area contributed by atoms with Gasteiger partial charge < -0.3 is 0 Å². The molecule has 0 radical (unpaired) electrons. The topological polar surface area (TPSA) is 38.0 Å². The van der Waals surface area contributed by atoms with Gasteiger partial charge in [-0.15, -0.1) is 0 Å². The third kappa shape index (κ3) is 2.86. The second-order valence-corrected chi connectivity index (χ2v) is 2.78. The smallest absolute Gasteiger partial charge is 0.0308 e. The van der Waals surface area contributed by atoms with Gasteiger partial charge in [0.15, 0.2) is 0 Å². The van der Waals surface area contributed by atoms with E-state index in [9.17, 15) is 0 Å². The summed E-state index contributed by atoms with van der Waals surface area (Å²) in [6.45, 7) is 2.78. The standard InChI is InChI=1S/C10H14N2/c1-9(8-12-11)7-10-5-3-2-4-6-10/h2-7,12H,8,11H2,1H3/b9-7+. The number of nitrogens with one attached hydrogen (secondary N) is 1. The maximum absolute atomic E-state index is 5.19. The summed E-state index contributed by atoms with van der Waals surface area (Å²) in [5, 5.41) is 0. The zero-order valence-corrected chi connectivity index (χ0v) is 7.25. The minimum Gasteiger partial charge on any atom is -0.271 e. The summed E-state index contributed by atoms with van der Waals surface area (Å²) in [4.78, 5) is 0. The van der Waals surface area contributed by atoms with Gasteiger partial charge in [-0.3, -0.25) is 11.3 Å². The van der Waals surface area contributed by atoms with E-state index in [2.05, 4.69) is 23.6 Å². The van der Waals surface area contributed by atoms with E-state index in [0.29, 0.717) is 0 Å². The fourth-order valence-electron chi connectivity index (χ4n) is 1.05. The van der Waals surface area contributed by atoms with Crippen molar-refractivity contribution in [3.8, 4) is 0 Å². The Labute approximate surface area is 73.1 Å². The zero-order valence-electron chi connectivity index (χ0n) is 7.25. The van der Waals surface area contributed by atoms with Crippen LogP contribution < -0.4 is 11.3 Å². The second-order valence-electron chi connectivity index (χ2n) is 2.78. The molecule has 2 nitrogen and oxygen atoms in total. The average molecular weight is 162 g/mol. The Morgan fingerprint density at radius 2 is 2.08 bits per heavy atom. The Morgan fingerprint density at radius 1 is 1.42 bits per heavy atom. The van der Waals surface area contributed by atoms with Crippen LogP contribution in [0.2, 0.25) is 0 Å². The lowest BCUT2D eigenvalue weighted by atomic mass is 10.1. The molecule has 2 heteroatoms. The molecule has 0 aliphatic carbocycles. The Kier molecular flexibility index (Phi) is 3.51. The van der Waals surface area contributed by atoms with Crippen molar-refractivity contribution >= 4 is 6.08 Å². The van der Waals surface area contributed by atoms with Crippen molar-refractivity contribution in [1.29, 1.82) is 0 Å². The first-order chi connectivity index (χ1) is 5.83. The van der Waals surface area contributed by atoms with Gasteiger partial charge in [-0.25, -0.2) is 0 Å². The van der Waals surface area contributed by atoms with E-state index >= 15 is 0 Å². The molecule has 64 valence electrons. The number of hydrogen-bond donors (Lipinski definition) is 2. The summed E-state index contributed by atoms with van der Waals surface area (Å²) in [5.74, 6) is 5.19. The molecular weight excluding hydrogens is 148 g/mol. The summed E-state index contributed by atoms with van der Waals surface area (Å²) >= 11 is 0. The molecule has 0 aromatic heterocycles. The van der Waals surface area contributed by atoms with E-state index in [-0.39, 0.29) is 0 Å². The van der Waals surface area contributed by atoms with Crippen LogP contribution in [0.1, 0.15) is 12.5 Å². The lowest BCUT2D eigenvalue weighted by molar-refractivity contribution is 0.799. The van der Waals surface area contributed by atoms with Crippen molar-refractivity contribution in [3.63, 3.8) is 0 Å². The van der Waals surface area contributed by atoms with Gasteiger partial charge in [-0.1, -0.05) is 42.0 Å². The molecule has 0 aliphatic rings. The number of benzene rings is 1. The van der Waals surface area contributed by atoms with Crippen molar-refractivity contribution in [3.05, 3.63) is 41.5 Å².